The van der Waals surface area contributed by atoms with Crippen molar-refractivity contribution in [3.63, 3.8) is 0 Å². The average molecular weight is 434 g/mol. The van der Waals surface area contributed by atoms with Gasteiger partial charge >= 0.3 is 12.1 Å². The molecule has 166 valence electrons. The Kier molecular flexibility index (Phi) is 5.12. The molecule has 1 atom stereocenters. The van der Waals surface area contributed by atoms with Crippen LogP contribution in [0.25, 0.3) is 11.1 Å². The van der Waals surface area contributed by atoms with Gasteiger partial charge in [0.05, 0.1) is 5.41 Å². The molecule has 7 nitrogen and oxygen atoms in total. The van der Waals surface area contributed by atoms with E-state index in [0.29, 0.717) is 32.2 Å². The number of nitrogens with zero attached hydrogens (tertiary/aromatic N) is 1. The molecule has 1 saturated carbocycles. The molecule has 2 fully saturated rings. The second kappa shape index (κ2) is 7.97. The number of fused-ring (bicyclic) bond motifs is 3. The van der Waals surface area contributed by atoms with Gasteiger partial charge in [-0.05, 0) is 47.9 Å². The van der Waals surface area contributed by atoms with E-state index in [-0.39, 0.29) is 25.0 Å². The van der Waals surface area contributed by atoms with E-state index in [0.717, 1.165) is 11.1 Å². The smallest absolute Gasteiger partial charge is 0.407 e. The highest BCUT2D eigenvalue weighted by molar-refractivity contribution is 5.90. The molecule has 1 heterocycles. The molecule has 2 aromatic carbocycles. The van der Waals surface area contributed by atoms with Crippen molar-refractivity contribution in [2.24, 2.45) is 5.41 Å². The minimum Gasteiger partial charge on any atom is -0.480 e. The number of hydrogen-bond acceptors (Lipinski definition) is 4. The maximum absolute atomic E-state index is 13.0. The second-order valence-electron chi connectivity index (χ2n) is 8.95. The van der Waals surface area contributed by atoms with Crippen molar-refractivity contribution in [2.45, 2.75) is 37.6 Å². The first-order chi connectivity index (χ1) is 15.5. The highest BCUT2D eigenvalue weighted by atomic mass is 16.5. The molecule has 0 bridgehead atoms. The highest BCUT2D eigenvalue weighted by Gasteiger charge is 2.54. The summed E-state index contributed by atoms with van der Waals surface area (Å²) in [5.74, 6) is -1.15. The van der Waals surface area contributed by atoms with Gasteiger partial charge in [0.2, 0.25) is 5.91 Å². The summed E-state index contributed by atoms with van der Waals surface area (Å²) in [7, 11) is 0. The summed E-state index contributed by atoms with van der Waals surface area (Å²) in [4.78, 5) is 38.3. The maximum atomic E-state index is 13.0. The van der Waals surface area contributed by atoms with Crippen LogP contribution >= 0.6 is 0 Å². The maximum Gasteiger partial charge on any atom is 0.407 e. The number of carbonyl (C=O) groups excluding carboxylic acids is 2. The zero-order valence-electron chi connectivity index (χ0n) is 17.8. The molecule has 32 heavy (non-hydrogen) atoms. The van der Waals surface area contributed by atoms with Crippen LogP contribution in [0.3, 0.4) is 0 Å². The SMILES string of the molecule is O=C(NCC1(C(=O)N2CCC[C@H]2C(=O)O)CC1)OCC1c2ccccc2-c2ccccc21. The van der Waals surface area contributed by atoms with Crippen molar-refractivity contribution in [1.29, 1.82) is 0 Å². The van der Waals surface area contributed by atoms with Crippen molar-refractivity contribution < 1.29 is 24.2 Å². The van der Waals surface area contributed by atoms with Crippen LogP contribution in [-0.2, 0) is 14.3 Å². The van der Waals surface area contributed by atoms with Gasteiger partial charge in [-0.15, -0.1) is 0 Å². The van der Waals surface area contributed by atoms with Crippen molar-refractivity contribution in [1.82, 2.24) is 10.2 Å². The molecule has 2 amide bonds. The number of benzene rings is 2. The first-order valence-electron chi connectivity index (χ1n) is 11.1. The molecule has 2 aliphatic carbocycles. The summed E-state index contributed by atoms with van der Waals surface area (Å²) >= 11 is 0. The summed E-state index contributed by atoms with van der Waals surface area (Å²) in [6, 6.07) is 15.5. The van der Waals surface area contributed by atoms with E-state index in [1.165, 1.54) is 16.0 Å². The largest absolute Gasteiger partial charge is 0.480 e. The Hall–Kier alpha value is -3.35. The molecule has 7 heteroatoms. The topological polar surface area (TPSA) is 95.9 Å². The molecule has 0 unspecified atom stereocenters. The molecule has 2 aromatic rings. The van der Waals surface area contributed by atoms with Gasteiger partial charge in [-0.1, -0.05) is 48.5 Å². The highest BCUT2D eigenvalue weighted by Crippen LogP contribution is 2.48. The van der Waals surface area contributed by atoms with Crippen LogP contribution in [-0.4, -0.2) is 53.7 Å². The first-order valence-corrected chi connectivity index (χ1v) is 11.1. The Morgan fingerprint density at radius 3 is 2.25 bits per heavy atom. The number of nitrogens with one attached hydrogen (secondary N) is 1. The summed E-state index contributed by atoms with van der Waals surface area (Å²) in [5, 5.41) is 12.1. The predicted molar refractivity (Wildman–Crippen MR) is 117 cm³/mol. The van der Waals surface area contributed by atoms with Crippen molar-refractivity contribution >= 4 is 18.0 Å². The molecule has 5 rings (SSSR count). The van der Waals surface area contributed by atoms with Gasteiger partial charge in [0.15, 0.2) is 0 Å². The van der Waals surface area contributed by atoms with Crippen molar-refractivity contribution in [2.75, 3.05) is 19.7 Å². The number of rotatable bonds is 6. The number of carboxylic acid groups (broad SMARTS) is 1. The van der Waals surface area contributed by atoms with E-state index in [9.17, 15) is 19.5 Å². The number of hydrogen-bond donors (Lipinski definition) is 2. The van der Waals surface area contributed by atoms with E-state index in [1.807, 2.05) is 24.3 Å². The standard InChI is InChI=1S/C25H26N2O5/c28-22(29)21-10-5-13-27(21)23(30)25(11-12-25)15-26-24(31)32-14-20-18-8-3-1-6-16(18)17-7-2-4-9-19(17)20/h1-4,6-9,20-21H,5,10-15H2,(H,26,31)(H,28,29)/t21-/m0/s1. The third-order valence-electron chi connectivity index (χ3n) is 7.02. The van der Waals surface area contributed by atoms with E-state index in [1.54, 1.807) is 0 Å². The average Bonchev–Trinajstić information content (AvgIpc) is 3.31. The molecule has 2 N–H and O–H groups in total. The van der Waals surface area contributed by atoms with Crippen molar-refractivity contribution in [3.8, 4) is 11.1 Å². The molecule has 1 aliphatic heterocycles. The van der Waals surface area contributed by atoms with Crippen LogP contribution in [0.5, 0.6) is 0 Å². The molecule has 0 aromatic heterocycles. The summed E-state index contributed by atoms with van der Waals surface area (Å²) < 4.78 is 5.56. The molecule has 0 radical (unpaired) electrons. The zero-order valence-corrected chi connectivity index (χ0v) is 17.8. The quantitative estimate of drug-likeness (QED) is 0.727. The van der Waals surface area contributed by atoms with Crippen LogP contribution in [0.15, 0.2) is 48.5 Å². The Balaban J connectivity index is 1.20. The Morgan fingerprint density at radius 2 is 1.66 bits per heavy atom. The fourth-order valence-corrected chi connectivity index (χ4v) is 5.08. The van der Waals surface area contributed by atoms with Crippen LogP contribution in [0.2, 0.25) is 0 Å². The molecular weight excluding hydrogens is 408 g/mol. The van der Waals surface area contributed by atoms with Crippen molar-refractivity contribution in [3.05, 3.63) is 59.7 Å². The summed E-state index contributed by atoms with van der Waals surface area (Å²) in [6.45, 7) is 0.849. The van der Waals surface area contributed by atoms with Gasteiger partial charge in [-0.25, -0.2) is 9.59 Å². The minimum atomic E-state index is -0.962. The van der Waals surface area contributed by atoms with Gasteiger partial charge in [0.25, 0.3) is 0 Å². The molecule has 0 spiro atoms. The van der Waals surface area contributed by atoms with Gasteiger partial charge in [-0.2, -0.15) is 0 Å². The van der Waals surface area contributed by atoms with Gasteiger partial charge in [-0.3, -0.25) is 4.79 Å². The van der Waals surface area contributed by atoms with E-state index >= 15 is 0 Å². The van der Waals surface area contributed by atoms with Crippen LogP contribution in [0.1, 0.15) is 42.7 Å². The van der Waals surface area contributed by atoms with E-state index in [2.05, 4.69) is 29.6 Å². The Bertz CT molecular complexity index is 1030. The van der Waals surface area contributed by atoms with E-state index < -0.39 is 23.5 Å². The summed E-state index contributed by atoms with van der Waals surface area (Å²) in [5.41, 5.74) is 3.92. The van der Waals surface area contributed by atoms with Gasteiger partial charge in [0, 0.05) is 19.0 Å². The lowest BCUT2D eigenvalue weighted by Gasteiger charge is -2.26. The Morgan fingerprint density at radius 1 is 1.03 bits per heavy atom. The van der Waals surface area contributed by atoms with Crippen LogP contribution in [0, 0.1) is 5.41 Å². The first kappa shape index (κ1) is 20.5. The molecule has 3 aliphatic rings. The fourth-order valence-electron chi connectivity index (χ4n) is 5.08. The van der Waals surface area contributed by atoms with E-state index in [4.69, 9.17) is 4.74 Å². The third kappa shape index (κ3) is 3.51. The Labute approximate surface area is 186 Å². The molecular formula is C25H26N2O5. The lowest BCUT2D eigenvalue weighted by molar-refractivity contribution is -0.150. The van der Waals surface area contributed by atoms with Crippen LogP contribution < -0.4 is 5.32 Å². The number of amides is 2. The van der Waals surface area contributed by atoms with Gasteiger partial charge in [0.1, 0.15) is 12.6 Å². The number of likely N-dealkylation sites (tertiary alicyclic amines) is 1. The second-order valence-corrected chi connectivity index (χ2v) is 8.95. The molecule has 1 saturated heterocycles. The number of ether oxygens (including phenoxy) is 1. The number of aliphatic carboxylic acids is 1. The number of carboxylic acids is 1. The third-order valence-corrected chi connectivity index (χ3v) is 7.02. The lowest BCUT2D eigenvalue weighted by atomic mass is 9.98. The van der Waals surface area contributed by atoms with Gasteiger partial charge < -0.3 is 20.1 Å². The van der Waals surface area contributed by atoms with Crippen LogP contribution in [0.4, 0.5) is 4.79 Å². The minimum absolute atomic E-state index is 0.0226. The fraction of sp³-hybridized carbons (Fsp3) is 0.400. The predicted octanol–water partition coefficient (Wildman–Crippen LogP) is 3.38. The number of alkyl carbamates (subject to hydrolysis) is 1. The number of carbonyl (C=O) groups is 3. The normalized spacial score (nSPS) is 20.4. The zero-order chi connectivity index (χ0) is 22.3. The lowest BCUT2D eigenvalue weighted by Crippen LogP contribution is -2.47. The monoisotopic (exact) mass is 434 g/mol. The summed E-state index contributed by atoms with van der Waals surface area (Å²) in [6.07, 6.45) is 1.92.